The first-order valence-electron chi connectivity index (χ1n) is 8.87. The van der Waals surface area contributed by atoms with Crippen molar-refractivity contribution in [1.82, 2.24) is 10.3 Å². The zero-order chi connectivity index (χ0) is 17.6. The van der Waals surface area contributed by atoms with Gasteiger partial charge in [0.15, 0.2) is 0 Å². The number of carboxylic acids is 1. The number of hydrogen-bond donors (Lipinski definition) is 3. The summed E-state index contributed by atoms with van der Waals surface area (Å²) in [5, 5.41) is 12.1. The van der Waals surface area contributed by atoms with E-state index in [4.69, 9.17) is 5.11 Å². The molecular formula is C20H24N2O3. The molecule has 1 saturated carbocycles. The molecule has 0 aliphatic heterocycles. The number of carboxylic acid groups (broad SMARTS) is 1. The Morgan fingerprint density at radius 1 is 1.04 bits per heavy atom. The Hall–Kier alpha value is -2.56. The van der Waals surface area contributed by atoms with Gasteiger partial charge in [-0.1, -0.05) is 30.3 Å². The zero-order valence-corrected chi connectivity index (χ0v) is 14.2. The number of aryl methyl sites for hydroxylation is 1. The van der Waals surface area contributed by atoms with Gasteiger partial charge in [0, 0.05) is 23.9 Å². The van der Waals surface area contributed by atoms with Crippen LogP contribution in [0.3, 0.4) is 0 Å². The first-order chi connectivity index (χ1) is 12.1. The van der Waals surface area contributed by atoms with Crippen molar-refractivity contribution in [3.8, 4) is 11.3 Å². The molecule has 1 aliphatic rings. The lowest BCUT2D eigenvalue weighted by Gasteiger charge is -2.26. The molecule has 1 aromatic carbocycles. The van der Waals surface area contributed by atoms with E-state index in [0.717, 1.165) is 29.8 Å². The van der Waals surface area contributed by atoms with E-state index < -0.39 is 5.97 Å². The molecule has 5 nitrogen and oxygen atoms in total. The number of carbonyl (C=O) groups excluding carboxylic acids is 1. The standard InChI is InChI=1S/C20H24N2O3/c23-19(22-17-8-6-15(7-9-17)20(24)25)13-11-16-10-12-18(21-16)14-4-2-1-3-5-14/h1-5,10,12,15,17,21H,6-9,11,13H2,(H,22,23)(H,24,25). The second-order valence-electron chi connectivity index (χ2n) is 6.72. The molecule has 5 heteroatoms. The van der Waals surface area contributed by atoms with E-state index in [9.17, 15) is 9.59 Å². The highest BCUT2D eigenvalue weighted by Crippen LogP contribution is 2.24. The molecule has 2 aromatic rings. The van der Waals surface area contributed by atoms with E-state index in [0.29, 0.717) is 25.7 Å². The third kappa shape index (κ3) is 4.72. The van der Waals surface area contributed by atoms with Gasteiger partial charge in [0.1, 0.15) is 0 Å². The number of amides is 1. The van der Waals surface area contributed by atoms with E-state index in [2.05, 4.69) is 22.4 Å². The van der Waals surface area contributed by atoms with Gasteiger partial charge >= 0.3 is 5.97 Å². The van der Waals surface area contributed by atoms with Gasteiger partial charge in [-0.3, -0.25) is 9.59 Å². The number of benzene rings is 1. The number of carbonyl (C=O) groups is 2. The minimum atomic E-state index is -0.717. The molecule has 3 N–H and O–H groups in total. The van der Waals surface area contributed by atoms with Crippen LogP contribution in [0.25, 0.3) is 11.3 Å². The van der Waals surface area contributed by atoms with Gasteiger partial charge in [0.25, 0.3) is 0 Å². The van der Waals surface area contributed by atoms with Crippen molar-refractivity contribution in [3.05, 3.63) is 48.2 Å². The number of hydrogen-bond acceptors (Lipinski definition) is 2. The molecule has 0 atom stereocenters. The van der Waals surface area contributed by atoms with Crippen LogP contribution >= 0.6 is 0 Å². The SMILES string of the molecule is O=C(CCc1ccc(-c2ccccc2)[nH]1)NC1CCC(C(=O)O)CC1. The van der Waals surface area contributed by atoms with Crippen LogP contribution in [0.15, 0.2) is 42.5 Å². The van der Waals surface area contributed by atoms with Crippen LogP contribution in [0.5, 0.6) is 0 Å². The third-order valence-corrected chi connectivity index (χ3v) is 4.89. The number of nitrogens with one attached hydrogen (secondary N) is 2. The summed E-state index contributed by atoms with van der Waals surface area (Å²) in [5.74, 6) is -0.927. The number of H-pyrrole nitrogens is 1. The summed E-state index contributed by atoms with van der Waals surface area (Å²) in [7, 11) is 0. The van der Waals surface area contributed by atoms with Gasteiger partial charge in [-0.15, -0.1) is 0 Å². The molecule has 3 rings (SSSR count). The summed E-state index contributed by atoms with van der Waals surface area (Å²) in [6.07, 6.45) is 3.91. The van der Waals surface area contributed by atoms with Crippen LogP contribution in [-0.2, 0) is 16.0 Å². The largest absolute Gasteiger partial charge is 0.481 e. The highest BCUT2D eigenvalue weighted by atomic mass is 16.4. The minimum Gasteiger partial charge on any atom is -0.481 e. The van der Waals surface area contributed by atoms with Crippen LogP contribution < -0.4 is 5.32 Å². The molecule has 1 aromatic heterocycles. The van der Waals surface area contributed by atoms with Crippen molar-refractivity contribution in [1.29, 1.82) is 0 Å². The van der Waals surface area contributed by atoms with Gasteiger partial charge in [-0.25, -0.2) is 0 Å². The Morgan fingerprint density at radius 3 is 2.44 bits per heavy atom. The summed E-state index contributed by atoms with van der Waals surface area (Å²) >= 11 is 0. The fourth-order valence-electron chi connectivity index (χ4n) is 3.40. The van der Waals surface area contributed by atoms with Gasteiger partial charge in [-0.05, 0) is 49.8 Å². The summed E-state index contributed by atoms with van der Waals surface area (Å²) in [4.78, 5) is 26.5. The van der Waals surface area contributed by atoms with E-state index in [1.54, 1.807) is 0 Å². The van der Waals surface area contributed by atoms with E-state index in [1.165, 1.54) is 0 Å². The topological polar surface area (TPSA) is 82.2 Å². The number of aromatic amines is 1. The maximum absolute atomic E-state index is 12.1. The van der Waals surface area contributed by atoms with E-state index >= 15 is 0 Å². The molecule has 0 radical (unpaired) electrons. The van der Waals surface area contributed by atoms with Crippen LogP contribution in [0.4, 0.5) is 0 Å². The summed E-state index contributed by atoms with van der Waals surface area (Å²) < 4.78 is 0. The van der Waals surface area contributed by atoms with E-state index in [-0.39, 0.29) is 17.9 Å². The Kier molecular flexibility index (Phi) is 5.53. The second-order valence-corrected chi connectivity index (χ2v) is 6.72. The lowest BCUT2D eigenvalue weighted by molar-refractivity contribution is -0.142. The number of aromatic nitrogens is 1. The van der Waals surface area contributed by atoms with Gasteiger partial charge in [0.05, 0.1) is 5.92 Å². The predicted molar refractivity (Wildman–Crippen MR) is 96.1 cm³/mol. The summed E-state index contributed by atoms with van der Waals surface area (Å²) in [6, 6.07) is 14.3. The van der Waals surface area contributed by atoms with Crippen LogP contribution in [-0.4, -0.2) is 28.0 Å². The maximum atomic E-state index is 12.1. The molecule has 25 heavy (non-hydrogen) atoms. The molecule has 1 fully saturated rings. The molecule has 0 bridgehead atoms. The normalized spacial score (nSPS) is 20.2. The fraction of sp³-hybridized carbons (Fsp3) is 0.400. The van der Waals surface area contributed by atoms with Crippen molar-refractivity contribution >= 4 is 11.9 Å². The van der Waals surface area contributed by atoms with Crippen LogP contribution in [0.1, 0.15) is 37.8 Å². The first-order valence-corrected chi connectivity index (χ1v) is 8.87. The molecule has 1 amide bonds. The summed E-state index contributed by atoms with van der Waals surface area (Å²) in [6.45, 7) is 0. The van der Waals surface area contributed by atoms with Crippen molar-refractivity contribution in [2.75, 3.05) is 0 Å². The molecule has 1 heterocycles. The van der Waals surface area contributed by atoms with Crippen molar-refractivity contribution in [3.63, 3.8) is 0 Å². The molecule has 0 unspecified atom stereocenters. The zero-order valence-electron chi connectivity index (χ0n) is 14.2. The molecule has 0 spiro atoms. The average Bonchev–Trinajstić information content (AvgIpc) is 3.10. The van der Waals surface area contributed by atoms with Crippen LogP contribution in [0.2, 0.25) is 0 Å². The van der Waals surface area contributed by atoms with Gasteiger partial charge in [0.2, 0.25) is 5.91 Å². The second kappa shape index (κ2) is 8.01. The third-order valence-electron chi connectivity index (χ3n) is 4.89. The van der Waals surface area contributed by atoms with E-state index in [1.807, 2.05) is 30.3 Å². The van der Waals surface area contributed by atoms with Crippen LogP contribution in [0, 0.1) is 5.92 Å². The Bertz CT molecular complexity index is 716. The average molecular weight is 340 g/mol. The van der Waals surface area contributed by atoms with Gasteiger partial charge < -0.3 is 15.4 Å². The highest BCUT2D eigenvalue weighted by Gasteiger charge is 2.26. The Labute approximate surface area is 147 Å². The minimum absolute atomic E-state index is 0.0367. The quantitative estimate of drug-likeness (QED) is 0.754. The van der Waals surface area contributed by atoms with Crippen molar-refractivity contribution in [2.45, 2.75) is 44.6 Å². The summed E-state index contributed by atoms with van der Waals surface area (Å²) in [5.41, 5.74) is 3.24. The smallest absolute Gasteiger partial charge is 0.306 e. The Morgan fingerprint density at radius 2 is 1.76 bits per heavy atom. The molecule has 0 saturated heterocycles. The first kappa shape index (κ1) is 17.3. The fourth-order valence-corrected chi connectivity index (χ4v) is 3.40. The number of aliphatic carboxylic acids is 1. The molecule has 132 valence electrons. The highest BCUT2D eigenvalue weighted by molar-refractivity contribution is 5.76. The number of rotatable bonds is 6. The predicted octanol–water partition coefficient (Wildman–Crippen LogP) is 3.37. The monoisotopic (exact) mass is 340 g/mol. The lowest BCUT2D eigenvalue weighted by atomic mass is 9.86. The molecule has 1 aliphatic carbocycles. The van der Waals surface area contributed by atoms with Gasteiger partial charge in [-0.2, -0.15) is 0 Å². The van der Waals surface area contributed by atoms with Crippen molar-refractivity contribution in [2.24, 2.45) is 5.92 Å². The molecular weight excluding hydrogens is 316 g/mol. The van der Waals surface area contributed by atoms with Crippen molar-refractivity contribution < 1.29 is 14.7 Å². The Balaban J connectivity index is 1.44. The maximum Gasteiger partial charge on any atom is 0.306 e. The lowest BCUT2D eigenvalue weighted by Crippen LogP contribution is -2.38.